The number of hydrogen-bond acceptors (Lipinski definition) is 5. The van der Waals surface area contributed by atoms with Crippen molar-refractivity contribution in [3.05, 3.63) is 0 Å². The SMILES string of the molecule is CC(OP(=O)(OCC(Br)CCl)C(CCl)COBr)[P+](=O)CBr. The minimum Gasteiger partial charge on any atom is -0.307 e. The van der Waals surface area contributed by atoms with Crippen LogP contribution < -0.4 is 0 Å². The van der Waals surface area contributed by atoms with Gasteiger partial charge in [0.1, 0.15) is 0 Å². The van der Waals surface area contributed by atoms with E-state index in [1.807, 2.05) is 0 Å². The van der Waals surface area contributed by atoms with Crippen molar-refractivity contribution in [3.63, 3.8) is 0 Å². The molecule has 0 rings (SSSR count). The summed E-state index contributed by atoms with van der Waals surface area (Å²) in [5.74, 6) is -0.448. The average Bonchev–Trinajstić information content (AvgIpc) is 2.48. The van der Waals surface area contributed by atoms with Crippen LogP contribution in [0.25, 0.3) is 0 Å². The minimum absolute atomic E-state index is 0.00845. The van der Waals surface area contributed by atoms with Crippen molar-refractivity contribution in [2.75, 3.05) is 30.0 Å². The largest absolute Gasteiger partial charge is 0.381 e. The van der Waals surface area contributed by atoms with Crippen molar-refractivity contribution in [2.24, 2.45) is 0 Å². The molecule has 0 aliphatic rings. The van der Waals surface area contributed by atoms with E-state index in [0.29, 0.717) is 0 Å². The van der Waals surface area contributed by atoms with Crippen LogP contribution in [0.15, 0.2) is 0 Å². The van der Waals surface area contributed by atoms with E-state index in [-0.39, 0.29) is 34.9 Å². The molecule has 0 aromatic rings. The van der Waals surface area contributed by atoms with E-state index in [1.165, 1.54) is 0 Å². The Balaban J connectivity index is 5.05. The zero-order valence-electron chi connectivity index (χ0n) is 11.1. The van der Waals surface area contributed by atoms with Crippen LogP contribution in [-0.2, 0) is 22.0 Å². The fourth-order valence-electron chi connectivity index (χ4n) is 1.11. The average molecular weight is 577 g/mol. The molecule has 5 atom stereocenters. The Morgan fingerprint density at radius 3 is 2.33 bits per heavy atom. The molecule has 21 heavy (non-hydrogen) atoms. The van der Waals surface area contributed by atoms with Gasteiger partial charge in [-0.1, -0.05) is 20.5 Å². The van der Waals surface area contributed by atoms with E-state index in [4.69, 9.17) is 36.1 Å². The van der Waals surface area contributed by atoms with Gasteiger partial charge < -0.3 is 8.35 Å². The van der Waals surface area contributed by atoms with Gasteiger partial charge in [-0.3, -0.25) is 9.09 Å². The van der Waals surface area contributed by atoms with Gasteiger partial charge in [-0.05, 0) is 15.9 Å². The summed E-state index contributed by atoms with van der Waals surface area (Å²) in [6, 6.07) is 0. The molecule has 12 heteroatoms. The molecule has 0 aromatic carbocycles. The quantitative estimate of drug-likeness (QED) is 0.221. The zero-order chi connectivity index (χ0) is 16.5. The molecule has 0 amide bonds. The molecule has 0 aliphatic carbocycles. The lowest BCUT2D eigenvalue weighted by Gasteiger charge is -2.25. The Morgan fingerprint density at radius 2 is 1.90 bits per heavy atom. The van der Waals surface area contributed by atoms with Gasteiger partial charge in [0.15, 0.2) is 0 Å². The molecular formula is C9H16Br3Cl2O5P2+. The van der Waals surface area contributed by atoms with Gasteiger partial charge >= 0.3 is 15.4 Å². The van der Waals surface area contributed by atoms with Crippen molar-refractivity contribution in [3.8, 4) is 0 Å². The van der Waals surface area contributed by atoms with Crippen molar-refractivity contribution in [1.82, 2.24) is 0 Å². The second-order valence-corrected chi connectivity index (χ2v) is 11.9. The van der Waals surface area contributed by atoms with Crippen molar-refractivity contribution in [2.45, 2.75) is 23.3 Å². The van der Waals surface area contributed by atoms with Crippen LogP contribution in [0, 0.1) is 0 Å². The van der Waals surface area contributed by atoms with Crippen LogP contribution in [0.4, 0.5) is 0 Å². The number of halogens is 5. The van der Waals surface area contributed by atoms with Crippen molar-refractivity contribution >= 4 is 86.7 Å². The molecule has 0 saturated heterocycles. The normalized spacial score (nSPS) is 19.6. The monoisotopic (exact) mass is 573 g/mol. The molecule has 0 radical (unpaired) electrons. The first-order valence-corrected chi connectivity index (χ1v) is 12.6. The Hall–Kier alpha value is 2.23. The summed E-state index contributed by atoms with van der Waals surface area (Å²) in [7, 11) is -5.33. The molecule has 0 spiro atoms. The lowest BCUT2D eigenvalue weighted by Crippen LogP contribution is -2.23. The minimum atomic E-state index is -3.62. The topological polar surface area (TPSA) is 61.8 Å². The second-order valence-electron chi connectivity index (χ2n) is 3.91. The van der Waals surface area contributed by atoms with Gasteiger partial charge in [0.25, 0.3) is 5.85 Å². The molecule has 5 nitrogen and oxygen atoms in total. The molecule has 126 valence electrons. The number of alkyl halides is 4. The standard InChI is InChI=1S/C9H16Br3Cl2O5P2/c1-7(20(15)6-10)19-21(16,9(3-14)5-17-12)18-4-8(11)2-13/h7-9H,2-6H2,1H3/q+1. The summed E-state index contributed by atoms with van der Waals surface area (Å²) >= 11 is 20.7. The highest BCUT2D eigenvalue weighted by atomic mass is 79.9. The van der Waals surface area contributed by atoms with Gasteiger partial charge in [-0.25, -0.2) is 0 Å². The van der Waals surface area contributed by atoms with Gasteiger partial charge in [0.05, 0.1) is 40.0 Å². The van der Waals surface area contributed by atoms with Crippen LogP contribution in [0.3, 0.4) is 0 Å². The highest BCUT2D eigenvalue weighted by molar-refractivity contribution is 9.10. The summed E-state index contributed by atoms with van der Waals surface area (Å²) in [5.41, 5.74) is -0.685. The smallest absolute Gasteiger partial charge is 0.307 e. The van der Waals surface area contributed by atoms with Gasteiger partial charge in [-0.15, -0.1) is 23.2 Å². The van der Waals surface area contributed by atoms with Crippen LogP contribution in [0.1, 0.15) is 6.92 Å². The first-order valence-electron chi connectivity index (χ1n) is 5.76. The third-order valence-electron chi connectivity index (χ3n) is 2.31. The Morgan fingerprint density at radius 1 is 1.29 bits per heavy atom. The predicted molar refractivity (Wildman–Crippen MR) is 98.3 cm³/mol. The van der Waals surface area contributed by atoms with E-state index >= 15 is 0 Å². The summed E-state index contributed by atoms with van der Waals surface area (Å²) in [6.07, 6.45) is 0. The summed E-state index contributed by atoms with van der Waals surface area (Å²) in [4.78, 5) is -0.183. The zero-order valence-corrected chi connectivity index (χ0v) is 19.2. The fraction of sp³-hybridized carbons (Fsp3) is 1.00. The fourth-order valence-corrected chi connectivity index (χ4v) is 6.57. The van der Waals surface area contributed by atoms with Crippen LogP contribution in [0.5, 0.6) is 0 Å². The first kappa shape index (κ1) is 23.2. The van der Waals surface area contributed by atoms with Gasteiger partial charge in [-0.2, -0.15) is 0 Å². The molecule has 0 bridgehead atoms. The number of hydrogen-bond donors (Lipinski definition) is 0. The Kier molecular flexibility index (Phi) is 13.9. The van der Waals surface area contributed by atoms with Gasteiger partial charge in [0.2, 0.25) is 5.07 Å². The maximum Gasteiger partial charge on any atom is 0.381 e. The van der Waals surface area contributed by atoms with Crippen LogP contribution >= 0.6 is 86.7 Å². The van der Waals surface area contributed by atoms with Crippen LogP contribution in [0.2, 0.25) is 0 Å². The maximum absolute atomic E-state index is 12.9. The summed E-state index contributed by atoms with van der Waals surface area (Å²) < 4.78 is 40.4. The molecule has 5 unspecified atom stereocenters. The lowest BCUT2D eigenvalue weighted by molar-refractivity contribution is 0.185. The van der Waals surface area contributed by atoms with Crippen molar-refractivity contribution in [1.29, 1.82) is 0 Å². The van der Waals surface area contributed by atoms with E-state index in [1.54, 1.807) is 6.92 Å². The Labute approximate surface area is 161 Å². The molecule has 0 saturated carbocycles. The predicted octanol–water partition coefficient (Wildman–Crippen LogP) is 5.67. The lowest BCUT2D eigenvalue weighted by atomic mass is 10.5. The molecule has 0 aliphatic heterocycles. The van der Waals surface area contributed by atoms with Crippen LogP contribution in [-0.4, -0.2) is 46.4 Å². The van der Waals surface area contributed by atoms with E-state index in [2.05, 4.69) is 48.1 Å². The Bertz CT molecular complexity index is 366. The third kappa shape index (κ3) is 8.76. The maximum atomic E-state index is 12.9. The van der Waals surface area contributed by atoms with E-state index in [0.717, 1.165) is 0 Å². The molecule has 0 N–H and O–H groups in total. The van der Waals surface area contributed by atoms with Gasteiger partial charge in [0, 0.05) is 18.7 Å². The third-order valence-corrected chi connectivity index (χ3v) is 9.64. The summed E-state index contributed by atoms with van der Waals surface area (Å²) in [5, 5.41) is 0.243. The molecular weight excluding hydrogens is 561 g/mol. The first-order chi connectivity index (χ1) is 9.84. The number of rotatable bonds is 12. The summed E-state index contributed by atoms with van der Waals surface area (Å²) in [6.45, 7) is 1.68. The molecule has 0 fully saturated rings. The molecule has 0 heterocycles. The highest BCUT2D eigenvalue weighted by Gasteiger charge is 2.42. The second kappa shape index (κ2) is 12.6. The molecule has 0 aromatic heterocycles. The van der Waals surface area contributed by atoms with E-state index < -0.39 is 26.9 Å². The van der Waals surface area contributed by atoms with E-state index in [9.17, 15) is 9.13 Å². The van der Waals surface area contributed by atoms with Crippen molar-refractivity contribution < 1.29 is 22.0 Å². The highest BCUT2D eigenvalue weighted by Crippen LogP contribution is 2.57.